The van der Waals surface area contributed by atoms with Gasteiger partial charge in [0.25, 0.3) is 10.0 Å². The molecule has 1 aliphatic heterocycles. The fourth-order valence-electron chi connectivity index (χ4n) is 2.55. The van der Waals surface area contributed by atoms with Crippen molar-refractivity contribution >= 4 is 22.4 Å². The van der Waals surface area contributed by atoms with E-state index in [1.54, 1.807) is 11.7 Å². The summed E-state index contributed by atoms with van der Waals surface area (Å²) in [5.41, 5.74) is -0.307. The van der Waals surface area contributed by atoms with Crippen molar-refractivity contribution < 1.29 is 13.2 Å². The molecule has 122 valence electrons. The Morgan fingerprint density at radius 3 is 2.90 bits per heavy atom. The number of rotatable bonds is 7. The van der Waals surface area contributed by atoms with E-state index < -0.39 is 10.0 Å². The van der Waals surface area contributed by atoms with E-state index in [-0.39, 0.29) is 23.0 Å². The quantitative estimate of drug-likeness (QED) is 0.750. The molecule has 0 radical (unpaired) electrons. The molecule has 0 aromatic carbocycles. The lowest BCUT2D eigenvalue weighted by atomic mass is 9.99. The molecule has 2 heterocycles. The van der Waals surface area contributed by atoms with Gasteiger partial charge in [0.05, 0.1) is 24.7 Å². The van der Waals surface area contributed by atoms with Crippen LogP contribution in [0.4, 0.5) is 0 Å². The third kappa shape index (κ3) is 4.17. The van der Waals surface area contributed by atoms with Crippen molar-refractivity contribution in [1.82, 2.24) is 19.6 Å². The van der Waals surface area contributed by atoms with Crippen molar-refractivity contribution in [2.75, 3.05) is 26.8 Å². The first kappa shape index (κ1) is 18.4. The van der Waals surface area contributed by atoms with E-state index in [1.165, 1.54) is 12.5 Å². The molecule has 1 saturated heterocycles. The number of imidazole rings is 1. The molecule has 1 unspecified atom stereocenters. The lowest BCUT2D eigenvalue weighted by Gasteiger charge is -2.28. The highest BCUT2D eigenvalue weighted by atomic mass is 35.5. The summed E-state index contributed by atoms with van der Waals surface area (Å²) >= 11 is 0. The highest BCUT2D eigenvalue weighted by molar-refractivity contribution is 7.89. The number of nitrogens with one attached hydrogen (secondary N) is 2. The average molecular weight is 339 g/mol. The van der Waals surface area contributed by atoms with Gasteiger partial charge in [0.2, 0.25) is 0 Å². The van der Waals surface area contributed by atoms with Gasteiger partial charge in [-0.05, 0) is 26.3 Å². The average Bonchev–Trinajstić information content (AvgIpc) is 3.06. The smallest absolute Gasteiger partial charge is 0.257 e. The third-order valence-electron chi connectivity index (χ3n) is 3.64. The van der Waals surface area contributed by atoms with Gasteiger partial charge in [-0.25, -0.2) is 18.1 Å². The van der Waals surface area contributed by atoms with Gasteiger partial charge in [-0.3, -0.25) is 0 Å². The molecule has 1 fully saturated rings. The summed E-state index contributed by atoms with van der Waals surface area (Å²) in [6.07, 6.45) is 4.82. The van der Waals surface area contributed by atoms with Gasteiger partial charge in [0.15, 0.2) is 5.03 Å². The summed E-state index contributed by atoms with van der Waals surface area (Å²) in [5.74, 6) is 0. The monoisotopic (exact) mass is 338 g/mol. The number of sulfonamides is 1. The number of methoxy groups -OCH3 is 1. The standard InChI is InChI=1S/C12H22N4O3S.ClH/c1-3-16-10-13-7-11(16)20(17,18)15-8-12(9-19-2)5-4-6-14-12;/h7,10,14-15H,3-6,8-9H2,1-2H3;1H. The first-order chi connectivity index (χ1) is 9.53. The molecule has 2 N–H and O–H groups in total. The van der Waals surface area contributed by atoms with E-state index in [1.807, 2.05) is 6.92 Å². The lowest BCUT2D eigenvalue weighted by molar-refractivity contribution is 0.122. The maximum absolute atomic E-state index is 12.3. The highest BCUT2D eigenvalue weighted by Crippen LogP contribution is 2.20. The molecule has 1 aromatic heterocycles. The molecule has 1 atom stereocenters. The molecule has 9 heteroatoms. The van der Waals surface area contributed by atoms with Crippen LogP contribution in [0.3, 0.4) is 0 Å². The SMILES string of the molecule is CCn1cncc1S(=O)(=O)NCC1(COC)CCCN1.Cl. The maximum atomic E-state index is 12.3. The fourth-order valence-corrected chi connectivity index (χ4v) is 3.85. The molecule has 1 aromatic rings. The van der Waals surface area contributed by atoms with Crippen LogP contribution in [0.1, 0.15) is 19.8 Å². The Hall–Kier alpha value is -0.670. The van der Waals surface area contributed by atoms with Crippen LogP contribution in [0, 0.1) is 0 Å². The van der Waals surface area contributed by atoms with Crippen molar-refractivity contribution in [2.24, 2.45) is 0 Å². The Morgan fingerprint density at radius 2 is 2.33 bits per heavy atom. The third-order valence-corrected chi connectivity index (χ3v) is 5.06. The first-order valence-electron chi connectivity index (χ1n) is 6.77. The van der Waals surface area contributed by atoms with Crippen LogP contribution in [-0.4, -0.2) is 50.3 Å². The predicted octanol–water partition coefficient (Wildman–Crippen LogP) is 0.372. The number of aromatic nitrogens is 2. The molecule has 0 bridgehead atoms. The Bertz CT molecular complexity index is 540. The molecule has 7 nitrogen and oxygen atoms in total. The van der Waals surface area contributed by atoms with E-state index in [0.29, 0.717) is 19.7 Å². The van der Waals surface area contributed by atoms with Crippen LogP contribution in [-0.2, 0) is 21.3 Å². The molecular weight excluding hydrogens is 316 g/mol. The van der Waals surface area contributed by atoms with Crippen LogP contribution in [0.2, 0.25) is 0 Å². The van der Waals surface area contributed by atoms with Gasteiger partial charge in [-0.2, -0.15) is 0 Å². The Kier molecular flexibility index (Phi) is 6.61. The zero-order valence-corrected chi connectivity index (χ0v) is 14.0. The van der Waals surface area contributed by atoms with Gasteiger partial charge in [-0.1, -0.05) is 0 Å². The second-order valence-electron chi connectivity index (χ2n) is 5.09. The number of aryl methyl sites for hydroxylation is 1. The van der Waals surface area contributed by atoms with Crippen molar-refractivity contribution in [1.29, 1.82) is 0 Å². The van der Waals surface area contributed by atoms with Gasteiger partial charge >= 0.3 is 0 Å². The summed E-state index contributed by atoms with van der Waals surface area (Å²) in [4.78, 5) is 3.90. The Morgan fingerprint density at radius 1 is 1.57 bits per heavy atom. The van der Waals surface area contributed by atoms with Crippen molar-refractivity contribution in [3.8, 4) is 0 Å². The van der Waals surface area contributed by atoms with E-state index >= 15 is 0 Å². The minimum absolute atomic E-state index is 0. The topological polar surface area (TPSA) is 85.2 Å². The van der Waals surface area contributed by atoms with Crippen LogP contribution in [0.25, 0.3) is 0 Å². The summed E-state index contributed by atoms with van der Waals surface area (Å²) in [7, 11) is -1.92. The van der Waals surface area contributed by atoms with Crippen LogP contribution < -0.4 is 10.0 Å². The second kappa shape index (κ2) is 7.55. The fraction of sp³-hybridized carbons (Fsp3) is 0.750. The molecule has 2 rings (SSSR count). The Balaban J connectivity index is 0.00000220. The van der Waals surface area contributed by atoms with Gasteiger partial charge in [0, 0.05) is 20.2 Å². The number of hydrogen-bond acceptors (Lipinski definition) is 5. The van der Waals surface area contributed by atoms with Gasteiger partial charge in [-0.15, -0.1) is 12.4 Å². The largest absolute Gasteiger partial charge is 0.383 e. The summed E-state index contributed by atoms with van der Waals surface area (Å²) < 4.78 is 34.2. The molecule has 21 heavy (non-hydrogen) atoms. The lowest BCUT2D eigenvalue weighted by Crippen LogP contribution is -2.53. The van der Waals surface area contributed by atoms with Gasteiger partial charge in [0.1, 0.15) is 0 Å². The van der Waals surface area contributed by atoms with E-state index in [0.717, 1.165) is 19.4 Å². The molecule has 0 aliphatic carbocycles. The van der Waals surface area contributed by atoms with Crippen molar-refractivity contribution in [2.45, 2.75) is 36.9 Å². The van der Waals surface area contributed by atoms with Crippen molar-refractivity contribution in [3.05, 3.63) is 12.5 Å². The molecule has 0 amide bonds. The minimum Gasteiger partial charge on any atom is -0.383 e. The van der Waals surface area contributed by atoms with Gasteiger partial charge < -0.3 is 14.6 Å². The predicted molar refractivity (Wildman–Crippen MR) is 82.2 cm³/mol. The van der Waals surface area contributed by atoms with E-state index in [2.05, 4.69) is 15.0 Å². The second-order valence-corrected chi connectivity index (χ2v) is 6.80. The van der Waals surface area contributed by atoms with E-state index in [4.69, 9.17) is 4.74 Å². The maximum Gasteiger partial charge on any atom is 0.257 e. The summed E-state index contributed by atoms with van der Waals surface area (Å²) in [6.45, 7) is 4.14. The first-order valence-corrected chi connectivity index (χ1v) is 8.25. The van der Waals surface area contributed by atoms with Crippen LogP contribution >= 0.6 is 12.4 Å². The molecule has 1 aliphatic rings. The molecule has 0 spiro atoms. The Labute approximate surface area is 131 Å². The number of hydrogen-bond donors (Lipinski definition) is 2. The summed E-state index contributed by atoms with van der Waals surface area (Å²) in [6, 6.07) is 0. The minimum atomic E-state index is -3.55. The normalized spacial score (nSPS) is 22.2. The molecule has 0 saturated carbocycles. The molecular formula is C12H23ClN4O3S. The van der Waals surface area contributed by atoms with E-state index in [9.17, 15) is 8.42 Å². The summed E-state index contributed by atoms with van der Waals surface area (Å²) in [5, 5.41) is 3.54. The zero-order valence-electron chi connectivity index (χ0n) is 12.3. The number of ether oxygens (including phenoxy) is 1. The zero-order chi connectivity index (χ0) is 14.6. The highest BCUT2D eigenvalue weighted by Gasteiger charge is 2.35. The van der Waals surface area contributed by atoms with Crippen molar-refractivity contribution in [3.63, 3.8) is 0 Å². The van der Waals surface area contributed by atoms with Crippen LogP contribution in [0.15, 0.2) is 17.6 Å². The number of nitrogens with zero attached hydrogens (tertiary/aromatic N) is 2. The van der Waals surface area contributed by atoms with Crippen LogP contribution in [0.5, 0.6) is 0 Å². The number of halogens is 1.